The van der Waals surface area contributed by atoms with Crippen molar-refractivity contribution in [1.82, 2.24) is 4.98 Å². The maximum absolute atomic E-state index is 10.7. The number of nitrogens with one attached hydrogen (secondary N) is 1. The maximum atomic E-state index is 10.7. The minimum absolute atomic E-state index is 0.0211. The molecule has 1 aromatic carbocycles. The first kappa shape index (κ1) is 13.8. The molecule has 0 spiro atoms. The number of benzene rings is 1. The van der Waals surface area contributed by atoms with Gasteiger partial charge in [-0.3, -0.25) is 10.1 Å². The standard InChI is InChI=1S/C14H15N3O3/c1-10-7-14(16-9-12(10)17(18)19)15-8-11-5-3-4-6-13(11)20-2/h3-7,9H,8H2,1-2H3,(H,15,16). The van der Waals surface area contributed by atoms with Crippen LogP contribution in [0, 0.1) is 17.0 Å². The molecule has 20 heavy (non-hydrogen) atoms. The molecule has 6 heteroatoms. The summed E-state index contributed by atoms with van der Waals surface area (Å²) in [7, 11) is 1.62. The molecule has 0 atom stereocenters. The first-order valence-electron chi connectivity index (χ1n) is 6.08. The number of pyridine rings is 1. The number of aryl methyl sites for hydroxylation is 1. The smallest absolute Gasteiger partial charge is 0.290 e. The van der Waals surface area contributed by atoms with Gasteiger partial charge in [-0.1, -0.05) is 18.2 Å². The minimum Gasteiger partial charge on any atom is -0.496 e. The van der Waals surface area contributed by atoms with Crippen molar-refractivity contribution in [3.63, 3.8) is 0 Å². The van der Waals surface area contributed by atoms with Gasteiger partial charge in [0.1, 0.15) is 17.8 Å². The van der Waals surface area contributed by atoms with Crippen molar-refractivity contribution >= 4 is 11.5 Å². The van der Waals surface area contributed by atoms with Gasteiger partial charge in [0.25, 0.3) is 5.69 Å². The fourth-order valence-corrected chi connectivity index (χ4v) is 1.87. The second-order valence-electron chi connectivity index (χ2n) is 4.28. The molecule has 6 nitrogen and oxygen atoms in total. The second kappa shape index (κ2) is 6.01. The number of methoxy groups -OCH3 is 1. The van der Waals surface area contributed by atoms with Crippen molar-refractivity contribution in [2.75, 3.05) is 12.4 Å². The van der Waals surface area contributed by atoms with Crippen molar-refractivity contribution in [2.45, 2.75) is 13.5 Å². The van der Waals surface area contributed by atoms with Gasteiger partial charge in [0.2, 0.25) is 0 Å². The van der Waals surface area contributed by atoms with Crippen LogP contribution in [0.5, 0.6) is 5.75 Å². The second-order valence-corrected chi connectivity index (χ2v) is 4.28. The highest BCUT2D eigenvalue weighted by atomic mass is 16.6. The molecule has 0 saturated carbocycles. The summed E-state index contributed by atoms with van der Waals surface area (Å²) in [6, 6.07) is 9.31. The molecule has 1 aromatic heterocycles. The van der Waals surface area contributed by atoms with E-state index in [4.69, 9.17) is 4.74 Å². The zero-order valence-corrected chi connectivity index (χ0v) is 11.3. The van der Waals surface area contributed by atoms with E-state index in [0.29, 0.717) is 17.9 Å². The lowest BCUT2D eigenvalue weighted by Gasteiger charge is -2.10. The summed E-state index contributed by atoms with van der Waals surface area (Å²) < 4.78 is 5.26. The van der Waals surface area contributed by atoms with E-state index in [0.717, 1.165) is 11.3 Å². The van der Waals surface area contributed by atoms with Crippen molar-refractivity contribution in [1.29, 1.82) is 0 Å². The molecular weight excluding hydrogens is 258 g/mol. The molecule has 2 rings (SSSR count). The summed E-state index contributed by atoms with van der Waals surface area (Å²) in [6.07, 6.45) is 1.26. The monoisotopic (exact) mass is 273 g/mol. The molecule has 0 aliphatic carbocycles. The van der Waals surface area contributed by atoms with Gasteiger partial charge in [0.15, 0.2) is 0 Å². The lowest BCUT2D eigenvalue weighted by atomic mass is 10.2. The Kier molecular flexibility index (Phi) is 4.14. The summed E-state index contributed by atoms with van der Waals surface area (Å²) in [6.45, 7) is 2.22. The number of ether oxygens (including phenoxy) is 1. The van der Waals surface area contributed by atoms with E-state index in [1.54, 1.807) is 20.1 Å². The van der Waals surface area contributed by atoms with Gasteiger partial charge >= 0.3 is 0 Å². The van der Waals surface area contributed by atoms with Gasteiger partial charge in [0.05, 0.1) is 12.0 Å². The highest BCUT2D eigenvalue weighted by Gasteiger charge is 2.11. The molecule has 0 saturated heterocycles. The number of hydrogen-bond acceptors (Lipinski definition) is 5. The fourth-order valence-electron chi connectivity index (χ4n) is 1.87. The third kappa shape index (κ3) is 3.03. The zero-order chi connectivity index (χ0) is 14.5. The predicted molar refractivity (Wildman–Crippen MR) is 75.9 cm³/mol. The predicted octanol–water partition coefficient (Wildman–Crippen LogP) is 2.92. The lowest BCUT2D eigenvalue weighted by molar-refractivity contribution is -0.385. The first-order valence-corrected chi connectivity index (χ1v) is 6.08. The van der Waals surface area contributed by atoms with Crippen LogP contribution in [-0.2, 0) is 6.54 Å². The zero-order valence-electron chi connectivity index (χ0n) is 11.3. The van der Waals surface area contributed by atoms with Gasteiger partial charge in [0, 0.05) is 17.7 Å². The number of nitrogens with zero attached hydrogens (tertiary/aromatic N) is 2. The molecule has 0 aliphatic heterocycles. The molecule has 104 valence electrons. The third-order valence-corrected chi connectivity index (χ3v) is 2.93. The highest BCUT2D eigenvalue weighted by molar-refractivity contribution is 5.47. The average Bonchev–Trinajstić information content (AvgIpc) is 2.45. The van der Waals surface area contributed by atoms with Crippen LogP contribution in [0.3, 0.4) is 0 Å². The van der Waals surface area contributed by atoms with Gasteiger partial charge in [-0.15, -0.1) is 0 Å². The van der Waals surface area contributed by atoms with Crippen LogP contribution in [0.1, 0.15) is 11.1 Å². The summed E-state index contributed by atoms with van der Waals surface area (Å²) in [5.74, 6) is 1.39. The number of aromatic nitrogens is 1. The maximum Gasteiger partial charge on any atom is 0.290 e. The normalized spacial score (nSPS) is 10.1. The van der Waals surface area contributed by atoms with Gasteiger partial charge in [-0.25, -0.2) is 4.98 Å². The van der Waals surface area contributed by atoms with E-state index in [1.807, 2.05) is 24.3 Å². The Morgan fingerprint density at radius 3 is 2.80 bits per heavy atom. The summed E-state index contributed by atoms with van der Waals surface area (Å²) >= 11 is 0. The highest BCUT2D eigenvalue weighted by Crippen LogP contribution is 2.21. The molecule has 0 fully saturated rings. The Morgan fingerprint density at radius 1 is 1.40 bits per heavy atom. The molecule has 0 unspecified atom stereocenters. The molecule has 0 radical (unpaired) electrons. The summed E-state index contributed by atoms with van der Waals surface area (Å²) in [5, 5.41) is 13.9. The van der Waals surface area contributed by atoms with E-state index in [2.05, 4.69) is 10.3 Å². The van der Waals surface area contributed by atoms with Gasteiger partial charge in [-0.2, -0.15) is 0 Å². The van der Waals surface area contributed by atoms with Crippen molar-refractivity contribution < 1.29 is 9.66 Å². The molecular formula is C14H15N3O3. The third-order valence-electron chi connectivity index (χ3n) is 2.93. The van der Waals surface area contributed by atoms with Crippen LogP contribution in [-0.4, -0.2) is 17.0 Å². The van der Waals surface area contributed by atoms with Crippen LogP contribution >= 0.6 is 0 Å². The molecule has 0 aliphatic rings. The molecule has 1 N–H and O–H groups in total. The minimum atomic E-state index is -0.438. The number of para-hydroxylation sites is 1. The van der Waals surface area contributed by atoms with Crippen molar-refractivity contribution in [3.8, 4) is 5.75 Å². The molecule has 0 amide bonds. The Labute approximate surface area is 116 Å². The molecule has 2 aromatic rings. The van der Waals surface area contributed by atoms with Crippen LogP contribution in [0.15, 0.2) is 36.5 Å². The topological polar surface area (TPSA) is 77.3 Å². The van der Waals surface area contributed by atoms with Gasteiger partial charge in [-0.05, 0) is 19.1 Å². The first-order chi connectivity index (χ1) is 9.61. The largest absolute Gasteiger partial charge is 0.496 e. The summed E-state index contributed by atoms with van der Waals surface area (Å²) in [5.41, 5.74) is 1.59. The lowest BCUT2D eigenvalue weighted by Crippen LogP contribution is -2.04. The molecule has 0 bridgehead atoms. The fraction of sp³-hybridized carbons (Fsp3) is 0.214. The van der Waals surface area contributed by atoms with Gasteiger partial charge < -0.3 is 10.1 Å². The number of rotatable bonds is 5. The quantitative estimate of drug-likeness (QED) is 0.669. The summed E-state index contributed by atoms with van der Waals surface area (Å²) in [4.78, 5) is 14.3. The van der Waals surface area contributed by atoms with Crippen molar-refractivity contribution in [3.05, 3.63) is 57.8 Å². The van der Waals surface area contributed by atoms with Crippen LogP contribution < -0.4 is 10.1 Å². The van der Waals surface area contributed by atoms with E-state index >= 15 is 0 Å². The van der Waals surface area contributed by atoms with E-state index in [1.165, 1.54) is 6.20 Å². The van der Waals surface area contributed by atoms with Crippen LogP contribution in [0.2, 0.25) is 0 Å². The van der Waals surface area contributed by atoms with Crippen LogP contribution in [0.25, 0.3) is 0 Å². The number of nitro groups is 1. The average molecular weight is 273 g/mol. The SMILES string of the molecule is COc1ccccc1CNc1cc(C)c([N+](=O)[O-])cn1. The Hall–Kier alpha value is -2.63. The van der Waals surface area contributed by atoms with Crippen LogP contribution in [0.4, 0.5) is 11.5 Å². The Bertz CT molecular complexity index is 629. The van der Waals surface area contributed by atoms with E-state index in [9.17, 15) is 10.1 Å². The molecule has 1 heterocycles. The van der Waals surface area contributed by atoms with Crippen molar-refractivity contribution in [2.24, 2.45) is 0 Å². The Balaban J connectivity index is 2.11. The van der Waals surface area contributed by atoms with E-state index in [-0.39, 0.29) is 5.69 Å². The number of hydrogen-bond donors (Lipinski definition) is 1. The van der Waals surface area contributed by atoms with E-state index < -0.39 is 4.92 Å². The number of anilines is 1. The Morgan fingerprint density at radius 2 is 2.15 bits per heavy atom.